The first-order chi connectivity index (χ1) is 16.0. The van der Waals surface area contributed by atoms with Crippen molar-refractivity contribution in [2.24, 2.45) is 5.92 Å². The monoisotopic (exact) mass is 471 g/mol. The molecule has 33 heavy (non-hydrogen) atoms. The van der Waals surface area contributed by atoms with E-state index in [1.54, 1.807) is 11.2 Å². The Balaban J connectivity index is 1.45. The summed E-state index contributed by atoms with van der Waals surface area (Å²) < 4.78 is 34.9. The van der Waals surface area contributed by atoms with Gasteiger partial charge in [0, 0.05) is 39.3 Å². The smallest absolute Gasteiger partial charge is 0.310 e. The van der Waals surface area contributed by atoms with E-state index in [-0.39, 0.29) is 24.5 Å². The molecule has 2 saturated heterocycles. The molecule has 0 unspecified atom stereocenters. The largest absolute Gasteiger partial charge is 0.466 e. The highest BCUT2D eigenvalue weighted by Crippen LogP contribution is 2.30. The Kier molecular flexibility index (Phi) is 7.80. The van der Waals surface area contributed by atoms with Crippen LogP contribution in [0.25, 0.3) is 0 Å². The molecule has 178 valence electrons. The zero-order chi connectivity index (χ0) is 23.3. The topological polar surface area (TPSA) is 70.2 Å². The van der Waals surface area contributed by atoms with E-state index in [1.807, 2.05) is 36.4 Å². The summed E-state index contributed by atoms with van der Waals surface area (Å²) in [4.78, 5) is 14.5. The van der Waals surface area contributed by atoms with Gasteiger partial charge in [-0.05, 0) is 30.9 Å². The van der Waals surface area contributed by atoms with Crippen LogP contribution in [0.2, 0.25) is 0 Å². The van der Waals surface area contributed by atoms with Crippen LogP contribution >= 0.6 is 0 Å². The minimum atomic E-state index is -3.61. The lowest BCUT2D eigenvalue weighted by Crippen LogP contribution is -2.55. The lowest BCUT2D eigenvalue weighted by Gasteiger charge is -2.41. The van der Waals surface area contributed by atoms with E-state index in [2.05, 4.69) is 29.2 Å². The van der Waals surface area contributed by atoms with E-state index < -0.39 is 10.2 Å². The molecule has 1 atom stereocenters. The maximum Gasteiger partial charge on any atom is 0.310 e. The van der Waals surface area contributed by atoms with Gasteiger partial charge >= 0.3 is 5.97 Å². The van der Waals surface area contributed by atoms with Crippen LogP contribution in [0.1, 0.15) is 36.9 Å². The quantitative estimate of drug-likeness (QED) is 0.581. The molecule has 0 aromatic heterocycles. The summed E-state index contributed by atoms with van der Waals surface area (Å²) in [6, 6.07) is 20.8. The standard InChI is InChI=1S/C25H33N3O4S/c1-2-32-25(29)23-14-9-15-28(20-23)33(30,31)27-18-16-26(17-19-27)24(21-10-5-3-6-11-21)22-12-7-4-8-13-22/h3-8,10-13,23-24H,2,9,14-20H2,1H3/t23-/m0/s1. The molecule has 2 aliphatic rings. The maximum atomic E-state index is 13.4. The van der Waals surface area contributed by atoms with Gasteiger partial charge in [-0.25, -0.2) is 0 Å². The molecule has 2 aromatic rings. The first-order valence-electron chi connectivity index (χ1n) is 11.8. The Morgan fingerprint density at radius 1 is 0.909 bits per heavy atom. The summed E-state index contributed by atoms with van der Waals surface area (Å²) in [5.74, 6) is -0.675. The number of piperazine rings is 1. The van der Waals surface area contributed by atoms with Crippen LogP contribution in [0.5, 0.6) is 0 Å². The summed E-state index contributed by atoms with van der Waals surface area (Å²) in [6.07, 6.45) is 1.35. The molecule has 2 aliphatic heterocycles. The van der Waals surface area contributed by atoms with Gasteiger partial charge in [0.15, 0.2) is 0 Å². The molecule has 0 saturated carbocycles. The molecule has 2 aromatic carbocycles. The molecule has 0 bridgehead atoms. The number of rotatable bonds is 7. The van der Waals surface area contributed by atoms with Gasteiger partial charge in [0.05, 0.1) is 18.6 Å². The van der Waals surface area contributed by atoms with Crippen molar-refractivity contribution in [2.75, 3.05) is 45.9 Å². The first-order valence-corrected chi connectivity index (χ1v) is 13.2. The number of hydrogen-bond acceptors (Lipinski definition) is 5. The van der Waals surface area contributed by atoms with Gasteiger partial charge in [0.2, 0.25) is 0 Å². The third-order valence-corrected chi connectivity index (χ3v) is 8.53. The molecular formula is C25H33N3O4S. The minimum Gasteiger partial charge on any atom is -0.466 e. The van der Waals surface area contributed by atoms with Crippen molar-refractivity contribution in [2.45, 2.75) is 25.8 Å². The number of ether oxygens (including phenoxy) is 1. The fraction of sp³-hybridized carbons (Fsp3) is 0.480. The third-order valence-electron chi connectivity index (χ3n) is 6.53. The van der Waals surface area contributed by atoms with Crippen molar-refractivity contribution in [3.05, 3.63) is 71.8 Å². The zero-order valence-electron chi connectivity index (χ0n) is 19.2. The second-order valence-electron chi connectivity index (χ2n) is 8.62. The Hall–Kier alpha value is -2.26. The van der Waals surface area contributed by atoms with Gasteiger partial charge in [-0.3, -0.25) is 9.69 Å². The van der Waals surface area contributed by atoms with Gasteiger partial charge in [0.1, 0.15) is 0 Å². The average Bonchev–Trinajstić information content (AvgIpc) is 2.86. The predicted molar refractivity (Wildman–Crippen MR) is 128 cm³/mol. The Labute approximate surface area is 197 Å². The fourth-order valence-corrected chi connectivity index (χ4v) is 6.52. The normalized spacial score (nSPS) is 21.2. The SMILES string of the molecule is CCOC(=O)[C@H]1CCCN(S(=O)(=O)N2CCN(C(c3ccccc3)c3ccccc3)CC2)C1. The highest BCUT2D eigenvalue weighted by Gasteiger charge is 2.38. The lowest BCUT2D eigenvalue weighted by atomic mass is 9.96. The fourth-order valence-electron chi connectivity index (χ4n) is 4.85. The molecule has 2 heterocycles. The van der Waals surface area contributed by atoms with E-state index in [0.717, 1.165) is 0 Å². The summed E-state index contributed by atoms with van der Waals surface area (Å²) in [5, 5.41) is 0. The van der Waals surface area contributed by atoms with Crippen molar-refractivity contribution in [3.8, 4) is 0 Å². The third kappa shape index (κ3) is 5.46. The van der Waals surface area contributed by atoms with E-state index in [0.29, 0.717) is 52.2 Å². The minimum absolute atomic E-state index is 0.0837. The number of nitrogens with zero attached hydrogens (tertiary/aromatic N) is 3. The maximum absolute atomic E-state index is 13.4. The number of carbonyl (C=O) groups is 1. The van der Waals surface area contributed by atoms with E-state index in [1.165, 1.54) is 15.4 Å². The molecule has 0 radical (unpaired) electrons. The van der Waals surface area contributed by atoms with Gasteiger partial charge in [-0.15, -0.1) is 0 Å². The Morgan fingerprint density at radius 2 is 1.48 bits per heavy atom. The first kappa shape index (κ1) is 23.9. The number of carbonyl (C=O) groups excluding carboxylic acids is 1. The Bertz CT molecular complexity index is 969. The Morgan fingerprint density at radius 3 is 2.03 bits per heavy atom. The molecule has 0 aliphatic carbocycles. The summed E-state index contributed by atoms with van der Waals surface area (Å²) in [7, 11) is -3.61. The summed E-state index contributed by atoms with van der Waals surface area (Å²) in [5.41, 5.74) is 2.40. The van der Waals surface area contributed by atoms with Crippen molar-refractivity contribution in [1.29, 1.82) is 0 Å². The molecule has 4 rings (SSSR count). The van der Waals surface area contributed by atoms with Crippen molar-refractivity contribution in [3.63, 3.8) is 0 Å². The van der Waals surface area contributed by atoms with E-state index >= 15 is 0 Å². The van der Waals surface area contributed by atoms with Gasteiger partial charge in [0.25, 0.3) is 10.2 Å². The molecular weight excluding hydrogens is 438 g/mol. The number of piperidine rings is 1. The zero-order valence-corrected chi connectivity index (χ0v) is 20.0. The lowest BCUT2D eigenvalue weighted by molar-refractivity contribution is -0.149. The highest BCUT2D eigenvalue weighted by atomic mass is 32.2. The molecule has 7 nitrogen and oxygen atoms in total. The average molecular weight is 472 g/mol. The van der Waals surface area contributed by atoms with Crippen LogP contribution in [-0.4, -0.2) is 73.8 Å². The van der Waals surface area contributed by atoms with Gasteiger partial charge < -0.3 is 4.74 Å². The van der Waals surface area contributed by atoms with Crippen LogP contribution in [0.3, 0.4) is 0 Å². The van der Waals surface area contributed by atoms with E-state index in [9.17, 15) is 13.2 Å². The molecule has 0 spiro atoms. The van der Waals surface area contributed by atoms with Crippen LogP contribution in [0.4, 0.5) is 0 Å². The number of esters is 1. The van der Waals surface area contributed by atoms with Crippen molar-refractivity contribution < 1.29 is 17.9 Å². The van der Waals surface area contributed by atoms with Crippen LogP contribution in [0.15, 0.2) is 60.7 Å². The second kappa shape index (κ2) is 10.8. The molecule has 2 fully saturated rings. The van der Waals surface area contributed by atoms with Crippen molar-refractivity contribution in [1.82, 2.24) is 13.5 Å². The van der Waals surface area contributed by atoms with Crippen LogP contribution in [0, 0.1) is 5.92 Å². The summed E-state index contributed by atoms with van der Waals surface area (Å²) >= 11 is 0. The van der Waals surface area contributed by atoms with Gasteiger partial charge in [-0.1, -0.05) is 60.7 Å². The predicted octanol–water partition coefficient (Wildman–Crippen LogP) is 2.91. The highest BCUT2D eigenvalue weighted by molar-refractivity contribution is 7.86. The van der Waals surface area contributed by atoms with Crippen LogP contribution in [-0.2, 0) is 19.7 Å². The van der Waals surface area contributed by atoms with Crippen molar-refractivity contribution >= 4 is 16.2 Å². The van der Waals surface area contributed by atoms with Crippen LogP contribution < -0.4 is 0 Å². The molecule has 8 heteroatoms. The molecule has 0 amide bonds. The van der Waals surface area contributed by atoms with Gasteiger partial charge in [-0.2, -0.15) is 17.0 Å². The second-order valence-corrected chi connectivity index (χ2v) is 10.5. The summed E-state index contributed by atoms with van der Waals surface area (Å²) in [6.45, 7) is 4.89. The molecule has 0 N–H and O–H groups in total. The number of hydrogen-bond donors (Lipinski definition) is 0. The number of benzene rings is 2. The van der Waals surface area contributed by atoms with E-state index in [4.69, 9.17) is 4.74 Å².